The maximum atomic E-state index is 13.1. The molecule has 2 aromatic carbocycles. The third-order valence-electron chi connectivity index (χ3n) is 6.11. The molecule has 0 spiro atoms. The van der Waals surface area contributed by atoms with E-state index >= 15 is 0 Å². The molecule has 2 aliphatic rings. The van der Waals surface area contributed by atoms with Gasteiger partial charge < -0.3 is 10.2 Å². The zero-order valence-electron chi connectivity index (χ0n) is 15.4. The van der Waals surface area contributed by atoms with Crippen molar-refractivity contribution in [3.05, 3.63) is 69.8 Å². The number of urea groups is 1. The summed E-state index contributed by atoms with van der Waals surface area (Å²) in [4.78, 5) is 25.6. The molecule has 0 unspecified atom stereocenters. The van der Waals surface area contributed by atoms with Crippen molar-refractivity contribution in [1.82, 2.24) is 4.90 Å². The maximum Gasteiger partial charge on any atom is 0.322 e. The number of carbonyl (C=O) groups excluding carboxylic acids is 1. The molecule has 27 heavy (non-hydrogen) atoms. The molecule has 1 aliphatic heterocycles. The molecule has 2 fully saturated rings. The van der Waals surface area contributed by atoms with E-state index in [4.69, 9.17) is 0 Å². The lowest BCUT2D eigenvalue weighted by Gasteiger charge is -2.61. The van der Waals surface area contributed by atoms with E-state index in [0.29, 0.717) is 11.6 Å². The predicted octanol–water partition coefficient (Wildman–Crippen LogP) is 4.84. The highest BCUT2D eigenvalue weighted by molar-refractivity contribution is 5.92. The Labute approximate surface area is 158 Å². The minimum Gasteiger partial charge on any atom is -0.314 e. The number of hydrogen-bond donors (Lipinski definition) is 1. The molecule has 2 aromatic rings. The maximum absolute atomic E-state index is 13.1. The summed E-state index contributed by atoms with van der Waals surface area (Å²) in [5.41, 5.74) is 2.22. The second-order valence-corrected chi connectivity index (χ2v) is 7.53. The van der Waals surface area contributed by atoms with Crippen LogP contribution in [0.5, 0.6) is 0 Å². The largest absolute Gasteiger partial charge is 0.322 e. The summed E-state index contributed by atoms with van der Waals surface area (Å²) in [6.45, 7) is 2.57. The summed E-state index contributed by atoms with van der Waals surface area (Å²) in [6.07, 6.45) is 4.40. The standard InChI is InChI=1S/C21H23N3O3/c1-15-10-11-18(24(26)27)13-19(15)22-20(25)23-14-17-9-5-6-12-21(17,23)16-7-3-2-4-8-16/h2-4,7-8,10-11,13,17H,5-6,9,12,14H2,1H3,(H,22,25)/t17-,21-/m0/s1. The first-order valence-corrected chi connectivity index (χ1v) is 9.41. The Bertz CT molecular complexity index is 883. The van der Waals surface area contributed by atoms with Gasteiger partial charge in [-0.2, -0.15) is 0 Å². The van der Waals surface area contributed by atoms with Crippen molar-refractivity contribution in [2.24, 2.45) is 5.92 Å². The average molecular weight is 365 g/mol. The molecule has 2 amide bonds. The van der Waals surface area contributed by atoms with E-state index in [2.05, 4.69) is 17.4 Å². The zero-order valence-corrected chi connectivity index (χ0v) is 15.4. The molecule has 1 N–H and O–H groups in total. The summed E-state index contributed by atoms with van der Waals surface area (Å²) in [5, 5.41) is 14.0. The van der Waals surface area contributed by atoms with Crippen molar-refractivity contribution in [1.29, 1.82) is 0 Å². The number of non-ortho nitro benzene ring substituents is 1. The van der Waals surface area contributed by atoms with Crippen molar-refractivity contribution in [2.75, 3.05) is 11.9 Å². The number of nitro benzene ring substituents is 1. The lowest BCUT2D eigenvalue weighted by Crippen LogP contribution is -2.68. The highest BCUT2D eigenvalue weighted by atomic mass is 16.6. The van der Waals surface area contributed by atoms with Gasteiger partial charge in [0.1, 0.15) is 0 Å². The summed E-state index contributed by atoms with van der Waals surface area (Å²) in [5.74, 6) is 0.477. The molecule has 1 heterocycles. The molecule has 140 valence electrons. The van der Waals surface area contributed by atoms with Crippen LogP contribution in [0.15, 0.2) is 48.5 Å². The van der Waals surface area contributed by atoms with Crippen LogP contribution in [0.2, 0.25) is 0 Å². The molecule has 0 bridgehead atoms. The van der Waals surface area contributed by atoms with Crippen LogP contribution < -0.4 is 5.32 Å². The summed E-state index contributed by atoms with van der Waals surface area (Å²) < 4.78 is 0. The topological polar surface area (TPSA) is 75.5 Å². The van der Waals surface area contributed by atoms with Gasteiger partial charge in [0.2, 0.25) is 0 Å². The van der Waals surface area contributed by atoms with Crippen LogP contribution in [0.1, 0.15) is 36.8 Å². The highest BCUT2D eigenvalue weighted by Crippen LogP contribution is 2.53. The van der Waals surface area contributed by atoms with Gasteiger partial charge in [-0.25, -0.2) is 4.79 Å². The van der Waals surface area contributed by atoms with E-state index in [1.807, 2.05) is 30.0 Å². The van der Waals surface area contributed by atoms with E-state index in [1.165, 1.54) is 24.1 Å². The first-order chi connectivity index (χ1) is 13.0. The van der Waals surface area contributed by atoms with Gasteiger partial charge in [-0.1, -0.05) is 49.2 Å². The van der Waals surface area contributed by atoms with Gasteiger partial charge in [0.25, 0.3) is 5.69 Å². The van der Waals surface area contributed by atoms with Crippen LogP contribution >= 0.6 is 0 Å². The molecule has 1 saturated heterocycles. The van der Waals surface area contributed by atoms with E-state index in [0.717, 1.165) is 31.4 Å². The fourth-order valence-electron chi connectivity index (χ4n) is 4.66. The fraction of sp³-hybridized carbons (Fsp3) is 0.381. The number of nitrogens with one attached hydrogen (secondary N) is 1. The number of hydrogen-bond acceptors (Lipinski definition) is 3. The number of fused-ring (bicyclic) bond motifs is 1. The monoisotopic (exact) mass is 365 g/mol. The molecular weight excluding hydrogens is 342 g/mol. The Balaban J connectivity index is 1.62. The van der Waals surface area contributed by atoms with Crippen LogP contribution in [0, 0.1) is 23.0 Å². The van der Waals surface area contributed by atoms with Gasteiger partial charge in [0.15, 0.2) is 0 Å². The van der Waals surface area contributed by atoms with E-state index in [1.54, 1.807) is 6.07 Å². The van der Waals surface area contributed by atoms with E-state index < -0.39 is 4.92 Å². The third kappa shape index (κ3) is 2.85. The quantitative estimate of drug-likeness (QED) is 0.625. The number of carbonyl (C=O) groups is 1. The van der Waals surface area contributed by atoms with E-state index in [9.17, 15) is 14.9 Å². The number of nitro groups is 1. The number of benzene rings is 2. The highest BCUT2D eigenvalue weighted by Gasteiger charge is 2.57. The molecule has 6 nitrogen and oxygen atoms in total. The minimum absolute atomic E-state index is 0.0205. The second-order valence-electron chi connectivity index (χ2n) is 7.53. The van der Waals surface area contributed by atoms with Crippen LogP contribution in [-0.4, -0.2) is 22.4 Å². The summed E-state index contributed by atoms with van der Waals surface area (Å²) >= 11 is 0. The van der Waals surface area contributed by atoms with Crippen molar-refractivity contribution < 1.29 is 9.72 Å². The van der Waals surface area contributed by atoms with Gasteiger partial charge in [0.05, 0.1) is 16.1 Å². The summed E-state index contributed by atoms with van der Waals surface area (Å²) in [6, 6.07) is 14.6. The Morgan fingerprint density at radius 1 is 1.22 bits per heavy atom. The molecule has 0 aromatic heterocycles. The number of anilines is 1. The Hall–Kier alpha value is -2.89. The molecule has 4 rings (SSSR count). The lowest BCUT2D eigenvalue weighted by atomic mass is 9.62. The Kier molecular flexibility index (Phi) is 4.34. The first kappa shape index (κ1) is 17.5. The minimum atomic E-state index is -0.443. The Morgan fingerprint density at radius 3 is 2.70 bits per heavy atom. The van der Waals surface area contributed by atoms with Crippen LogP contribution in [0.3, 0.4) is 0 Å². The normalized spacial score (nSPS) is 23.9. The molecular formula is C21H23N3O3. The lowest BCUT2D eigenvalue weighted by molar-refractivity contribution is -0.384. The smallest absolute Gasteiger partial charge is 0.314 e. The van der Waals surface area contributed by atoms with Crippen molar-refractivity contribution in [2.45, 2.75) is 38.1 Å². The molecule has 0 radical (unpaired) electrons. The molecule has 2 atom stereocenters. The fourth-order valence-corrected chi connectivity index (χ4v) is 4.66. The van der Waals surface area contributed by atoms with Crippen molar-refractivity contribution in [3.63, 3.8) is 0 Å². The van der Waals surface area contributed by atoms with Crippen LogP contribution in [0.4, 0.5) is 16.2 Å². The summed E-state index contributed by atoms with van der Waals surface area (Å²) in [7, 11) is 0. The first-order valence-electron chi connectivity index (χ1n) is 9.41. The predicted molar refractivity (Wildman–Crippen MR) is 104 cm³/mol. The van der Waals surface area contributed by atoms with Crippen molar-refractivity contribution in [3.8, 4) is 0 Å². The van der Waals surface area contributed by atoms with E-state index in [-0.39, 0.29) is 17.3 Å². The van der Waals surface area contributed by atoms with Gasteiger partial charge in [0, 0.05) is 24.6 Å². The van der Waals surface area contributed by atoms with Crippen LogP contribution in [0.25, 0.3) is 0 Å². The third-order valence-corrected chi connectivity index (χ3v) is 6.11. The number of aryl methyl sites for hydroxylation is 1. The second kappa shape index (κ2) is 6.68. The average Bonchev–Trinajstić information content (AvgIpc) is 2.65. The number of likely N-dealkylation sites (tertiary alicyclic amines) is 1. The zero-order chi connectivity index (χ0) is 19.0. The molecule has 6 heteroatoms. The van der Waals surface area contributed by atoms with Crippen LogP contribution in [-0.2, 0) is 5.54 Å². The molecule has 1 saturated carbocycles. The SMILES string of the molecule is Cc1ccc([N+](=O)[O-])cc1NC(=O)N1C[C@@H]2CCCC[C@]21c1ccccc1. The number of rotatable bonds is 3. The number of amides is 2. The molecule has 1 aliphatic carbocycles. The van der Waals surface area contributed by atoms with Gasteiger partial charge in [-0.05, 0) is 30.9 Å². The van der Waals surface area contributed by atoms with Gasteiger partial charge >= 0.3 is 6.03 Å². The Morgan fingerprint density at radius 2 is 2.00 bits per heavy atom. The number of nitrogens with zero attached hydrogens (tertiary/aromatic N) is 2. The van der Waals surface area contributed by atoms with Gasteiger partial charge in [-0.3, -0.25) is 10.1 Å². The van der Waals surface area contributed by atoms with Gasteiger partial charge in [-0.15, -0.1) is 0 Å². The van der Waals surface area contributed by atoms with Crippen molar-refractivity contribution >= 4 is 17.4 Å².